The van der Waals surface area contributed by atoms with Crippen molar-refractivity contribution < 1.29 is 4.79 Å². The van der Waals surface area contributed by atoms with Gasteiger partial charge in [-0.1, -0.05) is 20.8 Å². The Morgan fingerprint density at radius 2 is 1.92 bits per heavy atom. The van der Waals surface area contributed by atoms with Gasteiger partial charge in [-0.25, -0.2) is 0 Å². The first-order valence-electron chi connectivity index (χ1n) is 4.36. The average Bonchev–Trinajstić information content (AvgIpc) is 2.14. The number of nitrogens with one attached hydrogen (secondary N) is 1. The number of nitriles is 1. The van der Waals surface area contributed by atoms with Gasteiger partial charge in [-0.05, 0) is 12.8 Å². The lowest BCUT2D eigenvalue weighted by Gasteiger charge is -2.24. The predicted molar refractivity (Wildman–Crippen MR) is 47.4 cm³/mol. The molecule has 68 valence electrons. The molecule has 0 aliphatic heterocycles. The van der Waals surface area contributed by atoms with Crippen molar-refractivity contribution in [1.82, 2.24) is 5.32 Å². The molecular weight excluding hydrogens is 152 g/mol. The summed E-state index contributed by atoms with van der Waals surface area (Å²) >= 11 is 0. The van der Waals surface area contributed by atoms with Gasteiger partial charge in [0.1, 0.15) is 5.54 Å². The Kier molecular flexibility index (Phi) is 4.35. The Morgan fingerprint density at radius 1 is 1.42 bits per heavy atom. The minimum absolute atomic E-state index is 0.0553. The molecule has 0 aromatic rings. The monoisotopic (exact) mass is 168 g/mol. The summed E-state index contributed by atoms with van der Waals surface area (Å²) in [6, 6.07) is 2.15. The van der Waals surface area contributed by atoms with Crippen LogP contribution in [0.25, 0.3) is 0 Å². The first-order chi connectivity index (χ1) is 5.64. The van der Waals surface area contributed by atoms with Crippen LogP contribution in [0.15, 0.2) is 0 Å². The van der Waals surface area contributed by atoms with E-state index in [-0.39, 0.29) is 5.91 Å². The summed E-state index contributed by atoms with van der Waals surface area (Å²) in [5.41, 5.74) is -0.646. The topological polar surface area (TPSA) is 52.9 Å². The number of nitrogens with zero attached hydrogens (tertiary/aromatic N) is 1. The van der Waals surface area contributed by atoms with Crippen LogP contribution in [0.2, 0.25) is 0 Å². The van der Waals surface area contributed by atoms with Crippen LogP contribution in [-0.4, -0.2) is 11.4 Å². The maximum atomic E-state index is 11.0. The lowest BCUT2D eigenvalue weighted by Crippen LogP contribution is -2.46. The van der Waals surface area contributed by atoms with Gasteiger partial charge in [0.05, 0.1) is 6.07 Å². The average molecular weight is 168 g/mol. The highest BCUT2D eigenvalue weighted by Gasteiger charge is 2.26. The van der Waals surface area contributed by atoms with E-state index in [1.54, 1.807) is 6.92 Å². The molecule has 0 atom stereocenters. The number of hydrogen-bond donors (Lipinski definition) is 1. The molecule has 0 rings (SSSR count). The summed E-state index contributed by atoms with van der Waals surface area (Å²) in [5.74, 6) is -0.0553. The van der Waals surface area contributed by atoms with Crippen LogP contribution in [0, 0.1) is 11.3 Å². The third kappa shape index (κ3) is 2.54. The van der Waals surface area contributed by atoms with Gasteiger partial charge in [-0.2, -0.15) is 5.26 Å². The molecule has 0 saturated carbocycles. The summed E-state index contributed by atoms with van der Waals surface area (Å²) in [6.45, 7) is 5.59. The summed E-state index contributed by atoms with van der Waals surface area (Å²) in [4.78, 5) is 11.0. The second kappa shape index (κ2) is 4.76. The van der Waals surface area contributed by atoms with Crippen LogP contribution in [0.3, 0.4) is 0 Å². The smallest absolute Gasteiger partial charge is 0.220 e. The summed E-state index contributed by atoms with van der Waals surface area (Å²) in [6.07, 6.45) is 1.75. The fraction of sp³-hybridized carbons (Fsp3) is 0.778. The Balaban J connectivity index is 4.33. The fourth-order valence-corrected chi connectivity index (χ4v) is 0.968. The molecule has 0 saturated heterocycles. The molecule has 1 N–H and O–H groups in total. The Morgan fingerprint density at radius 3 is 2.17 bits per heavy atom. The molecule has 0 radical (unpaired) electrons. The highest BCUT2D eigenvalue weighted by atomic mass is 16.1. The number of amides is 1. The maximum absolute atomic E-state index is 11.0. The summed E-state index contributed by atoms with van der Waals surface area (Å²) < 4.78 is 0. The van der Waals surface area contributed by atoms with Crippen molar-refractivity contribution in [2.45, 2.75) is 45.6 Å². The van der Waals surface area contributed by atoms with Crippen LogP contribution in [-0.2, 0) is 4.79 Å². The van der Waals surface area contributed by atoms with Gasteiger partial charge in [0.25, 0.3) is 0 Å². The van der Waals surface area contributed by atoms with E-state index in [1.165, 1.54) is 0 Å². The van der Waals surface area contributed by atoms with Crippen molar-refractivity contribution in [1.29, 1.82) is 5.26 Å². The molecule has 0 aromatic carbocycles. The molecule has 0 aromatic heterocycles. The second-order valence-electron chi connectivity index (χ2n) is 2.80. The molecule has 0 unspecified atom stereocenters. The van der Waals surface area contributed by atoms with Crippen molar-refractivity contribution in [3.05, 3.63) is 0 Å². The largest absolute Gasteiger partial charge is 0.338 e. The molecule has 12 heavy (non-hydrogen) atoms. The Labute approximate surface area is 73.8 Å². The summed E-state index contributed by atoms with van der Waals surface area (Å²) in [7, 11) is 0. The summed E-state index contributed by atoms with van der Waals surface area (Å²) in [5, 5.41) is 11.6. The lowest BCUT2D eigenvalue weighted by atomic mass is 9.94. The zero-order chi connectivity index (χ0) is 9.61. The number of carbonyl (C=O) groups excluding carboxylic acids is 1. The van der Waals surface area contributed by atoms with Gasteiger partial charge in [0.2, 0.25) is 5.91 Å². The zero-order valence-corrected chi connectivity index (χ0v) is 7.98. The van der Waals surface area contributed by atoms with Crippen LogP contribution in [0.4, 0.5) is 0 Å². The first-order valence-corrected chi connectivity index (χ1v) is 4.36. The Bertz CT molecular complexity index is 189. The standard InChI is InChI=1S/C9H16N2O/c1-4-8(12)11-9(5-2,6-3)7-10/h4-6H2,1-3H3,(H,11,12). The molecule has 3 heteroatoms. The van der Waals surface area contributed by atoms with Crippen LogP contribution < -0.4 is 5.32 Å². The van der Waals surface area contributed by atoms with E-state index in [0.717, 1.165) is 0 Å². The van der Waals surface area contributed by atoms with Crippen molar-refractivity contribution in [2.24, 2.45) is 0 Å². The molecule has 0 aliphatic carbocycles. The minimum atomic E-state index is -0.646. The quantitative estimate of drug-likeness (QED) is 0.693. The second-order valence-corrected chi connectivity index (χ2v) is 2.80. The fourth-order valence-electron chi connectivity index (χ4n) is 0.968. The van der Waals surface area contributed by atoms with E-state index in [1.807, 2.05) is 13.8 Å². The van der Waals surface area contributed by atoms with Gasteiger partial charge in [-0.3, -0.25) is 4.79 Å². The predicted octanol–water partition coefficient (Wildman–Crippen LogP) is 1.59. The number of hydrogen-bond acceptors (Lipinski definition) is 2. The van der Waals surface area contributed by atoms with Gasteiger partial charge < -0.3 is 5.32 Å². The van der Waals surface area contributed by atoms with E-state index in [9.17, 15) is 4.79 Å². The van der Waals surface area contributed by atoms with E-state index >= 15 is 0 Å². The van der Waals surface area contributed by atoms with Crippen LogP contribution in [0.5, 0.6) is 0 Å². The van der Waals surface area contributed by atoms with E-state index in [4.69, 9.17) is 5.26 Å². The molecule has 0 spiro atoms. The van der Waals surface area contributed by atoms with Crippen molar-refractivity contribution in [3.8, 4) is 6.07 Å². The van der Waals surface area contributed by atoms with Crippen molar-refractivity contribution >= 4 is 5.91 Å². The van der Waals surface area contributed by atoms with Crippen molar-refractivity contribution in [3.63, 3.8) is 0 Å². The molecule has 0 bridgehead atoms. The molecule has 1 amide bonds. The Hall–Kier alpha value is -1.04. The minimum Gasteiger partial charge on any atom is -0.338 e. The SMILES string of the molecule is CCC(=O)NC(C#N)(CC)CC. The molecular formula is C9H16N2O. The van der Waals surface area contributed by atoms with E-state index < -0.39 is 5.54 Å². The highest BCUT2D eigenvalue weighted by Crippen LogP contribution is 2.13. The first kappa shape index (κ1) is 11.0. The van der Waals surface area contributed by atoms with Gasteiger partial charge in [0, 0.05) is 6.42 Å². The van der Waals surface area contributed by atoms with Gasteiger partial charge in [0.15, 0.2) is 0 Å². The van der Waals surface area contributed by atoms with Crippen molar-refractivity contribution in [2.75, 3.05) is 0 Å². The third-order valence-electron chi connectivity index (χ3n) is 2.12. The molecule has 3 nitrogen and oxygen atoms in total. The van der Waals surface area contributed by atoms with E-state index in [0.29, 0.717) is 19.3 Å². The maximum Gasteiger partial charge on any atom is 0.220 e. The lowest BCUT2D eigenvalue weighted by molar-refractivity contribution is -0.122. The number of carbonyl (C=O) groups is 1. The third-order valence-corrected chi connectivity index (χ3v) is 2.12. The normalized spacial score (nSPS) is 10.5. The number of rotatable bonds is 4. The van der Waals surface area contributed by atoms with E-state index in [2.05, 4.69) is 11.4 Å². The molecule has 0 aliphatic rings. The molecule has 0 heterocycles. The van der Waals surface area contributed by atoms with Gasteiger partial charge in [-0.15, -0.1) is 0 Å². The van der Waals surface area contributed by atoms with Crippen LogP contribution >= 0.6 is 0 Å². The highest BCUT2D eigenvalue weighted by molar-refractivity contribution is 5.76. The van der Waals surface area contributed by atoms with Crippen LogP contribution in [0.1, 0.15) is 40.0 Å². The van der Waals surface area contributed by atoms with Gasteiger partial charge >= 0.3 is 0 Å². The molecule has 0 fully saturated rings. The zero-order valence-electron chi connectivity index (χ0n) is 7.98.